The summed E-state index contributed by atoms with van der Waals surface area (Å²) < 4.78 is 0. The second-order valence-corrected chi connectivity index (χ2v) is 6.07. The van der Waals surface area contributed by atoms with E-state index in [0.29, 0.717) is 10.9 Å². The minimum atomic E-state index is -0.283. The number of nitrogens with one attached hydrogen (secondary N) is 1. The summed E-state index contributed by atoms with van der Waals surface area (Å²) in [5.74, 6) is 1.58. The van der Waals surface area contributed by atoms with Gasteiger partial charge in [0.15, 0.2) is 0 Å². The smallest absolute Gasteiger partial charge is 0.208 e. The van der Waals surface area contributed by atoms with E-state index in [2.05, 4.69) is 22.1 Å². The molecule has 0 saturated heterocycles. The van der Waals surface area contributed by atoms with E-state index in [4.69, 9.17) is 0 Å². The fourth-order valence-corrected chi connectivity index (χ4v) is 2.12. The molecule has 1 aromatic heterocycles. The average molecular weight is 255 g/mol. The molecule has 0 radical (unpaired) electrons. The molecule has 0 fully saturated rings. The molecule has 0 aliphatic rings. The van der Waals surface area contributed by atoms with E-state index in [0.717, 1.165) is 25.1 Å². The molecule has 0 aliphatic carbocycles. The zero-order valence-electron chi connectivity index (χ0n) is 11.0. The van der Waals surface area contributed by atoms with Gasteiger partial charge in [-0.05, 0) is 6.42 Å². The highest BCUT2D eigenvalue weighted by molar-refractivity contribution is 7.99. The number of Topliss-reactive ketones (excluding diaryl/α,β-unsaturated/α-hetero) is 1. The molecule has 0 spiro atoms. The lowest BCUT2D eigenvalue weighted by atomic mass is 9.92. The summed E-state index contributed by atoms with van der Waals surface area (Å²) in [6.45, 7) is 7.94. The van der Waals surface area contributed by atoms with Crippen molar-refractivity contribution in [2.24, 2.45) is 5.41 Å². The van der Waals surface area contributed by atoms with Crippen LogP contribution in [0.5, 0.6) is 0 Å². The Morgan fingerprint density at radius 2 is 2.12 bits per heavy atom. The van der Waals surface area contributed by atoms with Gasteiger partial charge in [-0.25, -0.2) is 4.98 Å². The number of aryl methyl sites for hydroxylation is 1. The molecule has 1 rings (SSSR count). The van der Waals surface area contributed by atoms with Crippen molar-refractivity contribution in [2.45, 2.75) is 52.1 Å². The summed E-state index contributed by atoms with van der Waals surface area (Å²) in [5.41, 5.74) is -0.283. The van der Waals surface area contributed by atoms with Crippen LogP contribution in [0.15, 0.2) is 5.16 Å². The number of unbranched alkanes of at least 4 members (excludes halogenated alkanes) is 1. The molecule has 17 heavy (non-hydrogen) atoms. The molecular weight excluding hydrogens is 234 g/mol. The van der Waals surface area contributed by atoms with E-state index < -0.39 is 0 Å². The van der Waals surface area contributed by atoms with Crippen molar-refractivity contribution in [3.63, 3.8) is 0 Å². The van der Waals surface area contributed by atoms with Crippen LogP contribution in [0.2, 0.25) is 0 Å². The second kappa shape index (κ2) is 6.19. The number of nitrogens with zero attached hydrogens (tertiary/aromatic N) is 2. The molecule has 1 aromatic rings. The van der Waals surface area contributed by atoms with Gasteiger partial charge in [-0.15, -0.1) is 5.10 Å². The summed E-state index contributed by atoms with van der Waals surface area (Å²) in [6.07, 6.45) is 3.18. The van der Waals surface area contributed by atoms with Gasteiger partial charge in [0.25, 0.3) is 0 Å². The molecule has 96 valence electrons. The van der Waals surface area contributed by atoms with Crippen molar-refractivity contribution in [3.05, 3.63) is 5.82 Å². The number of H-pyrrole nitrogens is 1. The molecule has 0 aromatic carbocycles. The molecule has 0 bridgehead atoms. The topological polar surface area (TPSA) is 58.6 Å². The normalized spacial score (nSPS) is 11.8. The van der Waals surface area contributed by atoms with Crippen molar-refractivity contribution >= 4 is 17.5 Å². The molecule has 0 saturated carbocycles. The van der Waals surface area contributed by atoms with Gasteiger partial charge in [-0.3, -0.25) is 9.89 Å². The third-order valence-electron chi connectivity index (χ3n) is 2.45. The first-order valence-electron chi connectivity index (χ1n) is 6.01. The standard InChI is InChI=1S/C12H21N3OS/c1-5-6-7-10-13-11(15-14-10)17-8-9(16)12(2,3)4/h5-8H2,1-4H3,(H,13,14,15). The van der Waals surface area contributed by atoms with Gasteiger partial charge < -0.3 is 0 Å². The highest BCUT2D eigenvalue weighted by Crippen LogP contribution is 2.21. The quantitative estimate of drug-likeness (QED) is 0.794. The van der Waals surface area contributed by atoms with Crippen LogP contribution in [0.1, 0.15) is 46.4 Å². The Hall–Kier alpha value is -0.840. The highest BCUT2D eigenvalue weighted by Gasteiger charge is 2.21. The van der Waals surface area contributed by atoms with Gasteiger partial charge in [0.1, 0.15) is 11.6 Å². The molecule has 0 amide bonds. The van der Waals surface area contributed by atoms with Gasteiger partial charge in [0.2, 0.25) is 5.16 Å². The maximum atomic E-state index is 11.7. The summed E-state index contributed by atoms with van der Waals surface area (Å²) in [4.78, 5) is 16.1. The average Bonchev–Trinajstić information content (AvgIpc) is 2.69. The van der Waals surface area contributed by atoms with Crippen LogP contribution >= 0.6 is 11.8 Å². The number of hydrogen-bond donors (Lipinski definition) is 1. The van der Waals surface area contributed by atoms with Crippen molar-refractivity contribution in [2.75, 3.05) is 5.75 Å². The molecule has 1 heterocycles. The predicted molar refractivity (Wildman–Crippen MR) is 70.2 cm³/mol. The Bertz CT molecular complexity index is 368. The second-order valence-electron chi connectivity index (χ2n) is 5.13. The fourth-order valence-electron chi connectivity index (χ4n) is 1.14. The van der Waals surface area contributed by atoms with Crippen LogP contribution in [-0.4, -0.2) is 26.7 Å². The lowest BCUT2D eigenvalue weighted by molar-refractivity contribution is -0.123. The number of ketones is 1. The largest absolute Gasteiger partial charge is 0.298 e. The third kappa shape index (κ3) is 4.89. The van der Waals surface area contributed by atoms with E-state index in [-0.39, 0.29) is 11.2 Å². The van der Waals surface area contributed by atoms with Crippen molar-refractivity contribution in [3.8, 4) is 0 Å². The first-order valence-corrected chi connectivity index (χ1v) is 6.99. The number of thioether (sulfide) groups is 1. The van der Waals surface area contributed by atoms with Gasteiger partial charge in [-0.1, -0.05) is 45.9 Å². The first kappa shape index (κ1) is 14.2. The van der Waals surface area contributed by atoms with E-state index in [1.165, 1.54) is 11.8 Å². The number of hydrogen-bond acceptors (Lipinski definition) is 4. The van der Waals surface area contributed by atoms with Crippen LogP contribution in [0.25, 0.3) is 0 Å². The number of carbonyl (C=O) groups is 1. The number of aromatic amines is 1. The summed E-state index contributed by atoms with van der Waals surface area (Å²) in [6, 6.07) is 0. The Balaban J connectivity index is 2.42. The summed E-state index contributed by atoms with van der Waals surface area (Å²) >= 11 is 1.41. The minimum absolute atomic E-state index is 0.224. The third-order valence-corrected chi connectivity index (χ3v) is 3.29. The molecule has 1 N–H and O–H groups in total. The van der Waals surface area contributed by atoms with E-state index in [9.17, 15) is 4.79 Å². The van der Waals surface area contributed by atoms with Crippen molar-refractivity contribution < 1.29 is 4.79 Å². The SMILES string of the molecule is CCCCc1nc(SCC(=O)C(C)(C)C)n[nH]1. The van der Waals surface area contributed by atoms with E-state index in [1.54, 1.807) is 0 Å². The molecule has 4 nitrogen and oxygen atoms in total. The number of carbonyl (C=O) groups excluding carboxylic acids is 1. The van der Waals surface area contributed by atoms with Crippen LogP contribution in [0, 0.1) is 5.41 Å². The number of rotatable bonds is 6. The summed E-state index contributed by atoms with van der Waals surface area (Å²) in [5, 5.41) is 7.68. The zero-order valence-corrected chi connectivity index (χ0v) is 11.9. The lowest BCUT2D eigenvalue weighted by Crippen LogP contribution is -2.22. The highest BCUT2D eigenvalue weighted by atomic mass is 32.2. The van der Waals surface area contributed by atoms with Gasteiger partial charge in [0.05, 0.1) is 5.75 Å². The Labute approximate surface area is 107 Å². The molecule has 0 unspecified atom stereocenters. The van der Waals surface area contributed by atoms with E-state index >= 15 is 0 Å². The number of aromatic nitrogens is 3. The van der Waals surface area contributed by atoms with Crippen molar-refractivity contribution in [1.29, 1.82) is 0 Å². The Kier molecular flexibility index (Phi) is 5.18. The summed E-state index contributed by atoms with van der Waals surface area (Å²) in [7, 11) is 0. The lowest BCUT2D eigenvalue weighted by Gasteiger charge is -2.14. The molecule has 5 heteroatoms. The minimum Gasteiger partial charge on any atom is -0.298 e. The van der Waals surface area contributed by atoms with Crippen LogP contribution < -0.4 is 0 Å². The Morgan fingerprint density at radius 3 is 2.71 bits per heavy atom. The van der Waals surface area contributed by atoms with Crippen LogP contribution in [-0.2, 0) is 11.2 Å². The first-order chi connectivity index (χ1) is 7.93. The fraction of sp³-hybridized carbons (Fsp3) is 0.750. The molecular formula is C12H21N3OS. The van der Waals surface area contributed by atoms with Crippen molar-refractivity contribution in [1.82, 2.24) is 15.2 Å². The predicted octanol–water partition coefficient (Wildman–Crippen LogP) is 2.85. The zero-order chi connectivity index (χ0) is 12.9. The molecule has 0 atom stereocenters. The van der Waals surface area contributed by atoms with Gasteiger partial charge in [0, 0.05) is 11.8 Å². The van der Waals surface area contributed by atoms with E-state index in [1.807, 2.05) is 20.8 Å². The Morgan fingerprint density at radius 1 is 1.41 bits per heavy atom. The maximum absolute atomic E-state index is 11.7. The van der Waals surface area contributed by atoms with Crippen LogP contribution in [0.4, 0.5) is 0 Å². The monoisotopic (exact) mass is 255 g/mol. The van der Waals surface area contributed by atoms with Gasteiger partial charge >= 0.3 is 0 Å². The molecule has 0 aliphatic heterocycles. The van der Waals surface area contributed by atoms with Gasteiger partial charge in [-0.2, -0.15) is 0 Å². The van der Waals surface area contributed by atoms with Crippen LogP contribution in [0.3, 0.4) is 0 Å². The maximum Gasteiger partial charge on any atom is 0.208 e.